The van der Waals surface area contributed by atoms with Crippen LogP contribution in [0.4, 0.5) is 28.8 Å². The van der Waals surface area contributed by atoms with Gasteiger partial charge in [-0.25, -0.2) is 4.98 Å². The van der Waals surface area contributed by atoms with Gasteiger partial charge in [0.25, 0.3) is 10.1 Å². The summed E-state index contributed by atoms with van der Waals surface area (Å²) in [6, 6.07) is 10.4. The van der Waals surface area contributed by atoms with E-state index in [2.05, 4.69) is 25.9 Å². The van der Waals surface area contributed by atoms with E-state index in [9.17, 15) is 13.0 Å². The molecule has 0 spiro atoms. The third kappa shape index (κ3) is 5.47. The Hall–Kier alpha value is -3.61. The number of rotatable bonds is 9. The van der Waals surface area contributed by atoms with Crippen molar-refractivity contribution >= 4 is 38.9 Å². The van der Waals surface area contributed by atoms with Gasteiger partial charge in [0, 0.05) is 31.2 Å². The van der Waals surface area contributed by atoms with E-state index in [0.717, 1.165) is 16.9 Å². The van der Waals surface area contributed by atoms with Crippen LogP contribution in [0.2, 0.25) is 0 Å². The summed E-state index contributed by atoms with van der Waals surface area (Å²) in [5.74, 6) is 0.801. The largest absolute Gasteiger partial charge is 0.486 e. The molecule has 0 atom stereocenters. The van der Waals surface area contributed by atoms with Crippen LogP contribution >= 0.6 is 0 Å². The average Bonchev–Trinajstić information content (AvgIpc) is 2.80. The molecule has 0 saturated heterocycles. The Bertz CT molecular complexity index is 1280. The van der Waals surface area contributed by atoms with E-state index in [1.165, 1.54) is 12.3 Å². The smallest absolute Gasteiger partial charge is 0.300 e. The van der Waals surface area contributed by atoms with Crippen molar-refractivity contribution in [2.75, 3.05) is 49.4 Å². The minimum atomic E-state index is -4.61. The highest BCUT2D eigenvalue weighted by Gasteiger charge is 2.28. The average molecular weight is 488 g/mol. The van der Waals surface area contributed by atoms with Crippen molar-refractivity contribution in [3.05, 3.63) is 48.2 Å². The molecule has 34 heavy (non-hydrogen) atoms. The summed E-state index contributed by atoms with van der Waals surface area (Å²) in [6.45, 7) is 3.70. The lowest BCUT2D eigenvalue weighted by atomic mass is 10.2. The second kappa shape index (κ2) is 10.1. The van der Waals surface area contributed by atoms with Crippen LogP contribution in [0.5, 0.6) is 11.5 Å². The van der Waals surface area contributed by atoms with E-state index in [0.29, 0.717) is 24.9 Å². The molecule has 2 heterocycles. The van der Waals surface area contributed by atoms with E-state index in [1.54, 1.807) is 19.2 Å². The van der Waals surface area contributed by atoms with E-state index in [1.807, 2.05) is 25.1 Å². The molecule has 12 heteroatoms. The molecule has 1 aliphatic heterocycles. The van der Waals surface area contributed by atoms with Crippen molar-refractivity contribution in [2.45, 2.75) is 11.8 Å². The standard InChI is InChI=1S/C22H25N5O6S/c1-14-3-4-15(13-17(14)23-9-10-31-2)25-22-24-8-7-19(27-22)26-16-5-6-18-20(33-12-11-32-18)21(16)34(28,29)30/h3-8,13,23H,9-12H2,1-2H3,(H,28,29,30)(H2,24,25,26,27). The molecule has 11 nitrogen and oxygen atoms in total. The van der Waals surface area contributed by atoms with Gasteiger partial charge in [-0.3, -0.25) is 4.55 Å². The molecule has 0 fully saturated rings. The number of ether oxygens (including phenoxy) is 3. The second-order valence-electron chi connectivity index (χ2n) is 7.41. The number of fused-ring (bicyclic) bond motifs is 1. The number of nitrogens with one attached hydrogen (secondary N) is 3. The number of methoxy groups -OCH3 is 1. The highest BCUT2D eigenvalue weighted by molar-refractivity contribution is 7.86. The third-order valence-electron chi connectivity index (χ3n) is 4.95. The number of nitrogens with zero attached hydrogens (tertiary/aromatic N) is 2. The summed E-state index contributed by atoms with van der Waals surface area (Å²) in [5, 5.41) is 9.36. The Morgan fingerprint density at radius 1 is 1.09 bits per heavy atom. The lowest BCUT2D eigenvalue weighted by Gasteiger charge is -2.22. The van der Waals surface area contributed by atoms with Crippen LogP contribution in [0.1, 0.15) is 5.56 Å². The molecule has 2 aromatic carbocycles. The number of benzene rings is 2. The van der Waals surface area contributed by atoms with Gasteiger partial charge < -0.3 is 30.2 Å². The molecule has 0 aliphatic carbocycles. The quantitative estimate of drug-likeness (QED) is 0.260. The Labute approximate surface area is 197 Å². The second-order valence-corrected chi connectivity index (χ2v) is 8.76. The van der Waals surface area contributed by atoms with E-state index < -0.39 is 15.0 Å². The molecular weight excluding hydrogens is 462 g/mol. The predicted molar refractivity (Wildman–Crippen MR) is 127 cm³/mol. The SMILES string of the molecule is COCCNc1cc(Nc2nccc(Nc3ccc4c(c3S(=O)(=O)O)OCCO4)n2)ccc1C. The first-order chi connectivity index (χ1) is 16.3. The third-order valence-corrected chi connectivity index (χ3v) is 5.88. The molecule has 0 unspecified atom stereocenters. The Kier molecular flexibility index (Phi) is 7.01. The van der Waals surface area contributed by atoms with Crippen molar-refractivity contribution < 1.29 is 27.2 Å². The molecule has 3 aromatic rings. The van der Waals surface area contributed by atoms with Crippen LogP contribution in [-0.4, -0.2) is 56.4 Å². The van der Waals surface area contributed by atoms with Gasteiger partial charge in [-0.05, 0) is 42.8 Å². The van der Waals surface area contributed by atoms with Crippen LogP contribution in [0, 0.1) is 6.92 Å². The number of anilines is 5. The highest BCUT2D eigenvalue weighted by atomic mass is 32.2. The van der Waals surface area contributed by atoms with Gasteiger partial charge in [-0.15, -0.1) is 0 Å². The summed E-state index contributed by atoms with van der Waals surface area (Å²) in [4.78, 5) is 8.22. The van der Waals surface area contributed by atoms with Crippen LogP contribution in [-0.2, 0) is 14.9 Å². The van der Waals surface area contributed by atoms with E-state index >= 15 is 0 Å². The van der Waals surface area contributed by atoms with Crippen LogP contribution < -0.4 is 25.4 Å². The van der Waals surface area contributed by atoms with Gasteiger partial charge in [0.15, 0.2) is 16.4 Å². The molecule has 0 saturated carbocycles. The zero-order valence-electron chi connectivity index (χ0n) is 18.7. The lowest BCUT2D eigenvalue weighted by Crippen LogP contribution is -2.18. The normalized spacial score (nSPS) is 12.8. The lowest BCUT2D eigenvalue weighted by molar-refractivity contribution is 0.167. The summed E-state index contributed by atoms with van der Waals surface area (Å²) >= 11 is 0. The summed E-state index contributed by atoms with van der Waals surface area (Å²) in [5.41, 5.74) is 2.89. The van der Waals surface area contributed by atoms with Crippen LogP contribution in [0.25, 0.3) is 0 Å². The van der Waals surface area contributed by atoms with Gasteiger partial charge in [-0.1, -0.05) is 6.07 Å². The van der Waals surface area contributed by atoms with Gasteiger partial charge in [0.1, 0.15) is 19.0 Å². The molecule has 180 valence electrons. The number of hydrogen-bond donors (Lipinski definition) is 4. The maximum Gasteiger partial charge on any atom is 0.300 e. The first-order valence-electron chi connectivity index (χ1n) is 10.5. The Morgan fingerprint density at radius 3 is 2.71 bits per heavy atom. The van der Waals surface area contributed by atoms with E-state index in [4.69, 9.17) is 14.2 Å². The Balaban J connectivity index is 1.57. The van der Waals surface area contributed by atoms with Crippen LogP contribution in [0.15, 0.2) is 47.5 Å². The predicted octanol–water partition coefficient (Wildman–Crippen LogP) is 3.35. The molecule has 4 N–H and O–H groups in total. The summed E-state index contributed by atoms with van der Waals surface area (Å²) in [7, 11) is -2.97. The fourth-order valence-corrected chi connectivity index (χ4v) is 4.17. The summed E-state index contributed by atoms with van der Waals surface area (Å²) in [6.07, 6.45) is 1.52. The number of aryl methyl sites for hydroxylation is 1. The zero-order chi connectivity index (χ0) is 24.1. The zero-order valence-corrected chi connectivity index (χ0v) is 19.5. The number of hydrogen-bond acceptors (Lipinski definition) is 10. The molecular formula is C22H25N5O6S. The Morgan fingerprint density at radius 2 is 1.91 bits per heavy atom. The monoisotopic (exact) mass is 487 g/mol. The van der Waals surface area contributed by atoms with Crippen molar-refractivity contribution in [3.63, 3.8) is 0 Å². The van der Waals surface area contributed by atoms with Gasteiger partial charge in [0.05, 0.1) is 12.3 Å². The number of aromatic nitrogens is 2. The van der Waals surface area contributed by atoms with Crippen LogP contribution in [0.3, 0.4) is 0 Å². The molecule has 0 radical (unpaired) electrons. The summed E-state index contributed by atoms with van der Waals surface area (Å²) < 4.78 is 50.0. The topological polar surface area (TPSA) is 144 Å². The maximum absolute atomic E-state index is 12.1. The van der Waals surface area contributed by atoms with E-state index in [-0.39, 0.29) is 30.4 Å². The first-order valence-corrected chi connectivity index (χ1v) is 11.9. The van der Waals surface area contributed by atoms with Gasteiger partial charge >= 0.3 is 0 Å². The fourth-order valence-electron chi connectivity index (χ4n) is 3.38. The molecule has 0 amide bonds. The first kappa shape index (κ1) is 23.5. The fraction of sp³-hybridized carbons (Fsp3) is 0.273. The maximum atomic E-state index is 12.1. The highest BCUT2D eigenvalue weighted by Crippen LogP contribution is 2.42. The van der Waals surface area contributed by atoms with Crippen molar-refractivity contribution in [2.24, 2.45) is 0 Å². The molecule has 1 aliphatic rings. The minimum Gasteiger partial charge on any atom is -0.486 e. The van der Waals surface area contributed by atoms with Gasteiger partial charge in [-0.2, -0.15) is 13.4 Å². The molecule has 4 rings (SSSR count). The van der Waals surface area contributed by atoms with Crippen molar-refractivity contribution in [1.29, 1.82) is 0 Å². The van der Waals surface area contributed by atoms with Gasteiger partial charge in [0.2, 0.25) is 5.95 Å². The molecule has 0 bridgehead atoms. The van der Waals surface area contributed by atoms with Crippen molar-refractivity contribution in [1.82, 2.24) is 9.97 Å². The minimum absolute atomic E-state index is 0.0423. The van der Waals surface area contributed by atoms with Crippen molar-refractivity contribution in [3.8, 4) is 11.5 Å². The molecule has 1 aromatic heterocycles.